The van der Waals surface area contributed by atoms with Crippen LogP contribution in [0.1, 0.15) is 18.9 Å². The maximum absolute atomic E-state index is 12.3. The number of rotatable bonds is 4. The van der Waals surface area contributed by atoms with Crippen molar-refractivity contribution in [2.24, 2.45) is 5.16 Å². The van der Waals surface area contributed by atoms with E-state index in [1.54, 1.807) is 31.2 Å². The van der Waals surface area contributed by atoms with Crippen LogP contribution < -0.4 is 9.47 Å². The van der Waals surface area contributed by atoms with E-state index in [1.807, 2.05) is 0 Å². The van der Waals surface area contributed by atoms with Gasteiger partial charge in [-0.25, -0.2) is 0 Å². The third kappa shape index (κ3) is 4.31. The molecule has 3 aromatic rings. The van der Waals surface area contributed by atoms with Crippen molar-refractivity contribution in [3.63, 3.8) is 0 Å². The summed E-state index contributed by atoms with van der Waals surface area (Å²) in [7, 11) is 0. The zero-order valence-corrected chi connectivity index (χ0v) is 15.0. The van der Waals surface area contributed by atoms with Crippen molar-refractivity contribution >= 4 is 5.90 Å². The molecule has 4 rings (SSSR count). The van der Waals surface area contributed by atoms with Gasteiger partial charge >= 0.3 is 6.36 Å². The Morgan fingerprint density at radius 1 is 1.07 bits per heavy atom. The van der Waals surface area contributed by atoms with E-state index in [0.29, 0.717) is 28.7 Å². The summed E-state index contributed by atoms with van der Waals surface area (Å²) in [5.74, 6) is 0.871. The van der Waals surface area contributed by atoms with E-state index in [0.717, 1.165) is 0 Å². The second kappa shape index (κ2) is 7.12. The summed E-state index contributed by atoms with van der Waals surface area (Å²) in [4.78, 5) is 5.51. The molecule has 0 fully saturated rings. The van der Waals surface area contributed by atoms with Gasteiger partial charge in [0.25, 0.3) is 0 Å². The van der Waals surface area contributed by atoms with Gasteiger partial charge in [0, 0.05) is 5.56 Å². The van der Waals surface area contributed by atoms with E-state index >= 15 is 0 Å². The fourth-order valence-electron chi connectivity index (χ4n) is 2.85. The van der Waals surface area contributed by atoms with Crippen LogP contribution in [0.4, 0.5) is 13.2 Å². The Morgan fingerprint density at radius 2 is 1.86 bits per heavy atom. The molecule has 1 aliphatic rings. The van der Waals surface area contributed by atoms with E-state index in [2.05, 4.69) is 20.1 Å². The molecule has 0 amide bonds. The first kappa shape index (κ1) is 18.8. The van der Waals surface area contributed by atoms with Gasteiger partial charge in [0.1, 0.15) is 11.5 Å². The Balaban J connectivity index is 1.44. The predicted molar refractivity (Wildman–Crippen MR) is 94.0 cm³/mol. The fourth-order valence-corrected chi connectivity index (χ4v) is 2.85. The van der Waals surface area contributed by atoms with E-state index < -0.39 is 12.0 Å². The van der Waals surface area contributed by atoms with Gasteiger partial charge in [-0.15, -0.1) is 23.4 Å². The van der Waals surface area contributed by atoms with E-state index in [-0.39, 0.29) is 12.2 Å². The van der Waals surface area contributed by atoms with Gasteiger partial charge in [-0.05, 0) is 42.8 Å². The van der Waals surface area contributed by atoms with Gasteiger partial charge in [0.05, 0.1) is 6.42 Å². The van der Waals surface area contributed by atoms with Crippen LogP contribution in [0.2, 0.25) is 0 Å². The average Bonchev–Trinajstić information content (AvgIpc) is 3.32. The molecule has 2 heterocycles. The quantitative estimate of drug-likeness (QED) is 0.628. The van der Waals surface area contributed by atoms with Crippen LogP contribution in [0.5, 0.6) is 11.5 Å². The summed E-state index contributed by atoms with van der Waals surface area (Å²) in [6, 6.07) is 12.5. The number of hydrogen-bond donors (Lipinski definition) is 0. The highest BCUT2D eigenvalue weighted by molar-refractivity contribution is 5.81. The van der Waals surface area contributed by atoms with Crippen molar-refractivity contribution in [3.05, 3.63) is 60.5 Å². The molecule has 0 bridgehead atoms. The predicted octanol–water partition coefficient (Wildman–Crippen LogP) is 4.66. The summed E-state index contributed by atoms with van der Waals surface area (Å²) in [6.45, 7) is 1.77. The van der Waals surface area contributed by atoms with Crippen LogP contribution in [-0.2, 0) is 10.4 Å². The van der Waals surface area contributed by atoms with Crippen molar-refractivity contribution in [1.82, 2.24) is 10.2 Å². The maximum Gasteiger partial charge on any atom is 0.573 e. The van der Waals surface area contributed by atoms with Crippen LogP contribution in [-0.4, -0.2) is 22.5 Å². The first-order valence-corrected chi connectivity index (χ1v) is 8.47. The second-order valence-electron chi connectivity index (χ2n) is 6.43. The van der Waals surface area contributed by atoms with Gasteiger partial charge in [-0.2, -0.15) is 0 Å². The molecule has 0 saturated carbocycles. The zero-order valence-electron chi connectivity index (χ0n) is 15.0. The SMILES string of the molecule is C[C@]1(c2ccc(OC(F)(F)F)cc2)CC(Oc2cccc(-c3nnco3)c2)=NO1. The Hall–Kier alpha value is -3.56. The molecule has 0 N–H and O–H groups in total. The number of alkyl halides is 3. The maximum atomic E-state index is 12.3. The first-order chi connectivity index (χ1) is 13.8. The molecule has 10 heteroatoms. The Morgan fingerprint density at radius 3 is 2.55 bits per heavy atom. The normalized spacial score (nSPS) is 18.8. The first-order valence-electron chi connectivity index (χ1n) is 8.47. The average molecular weight is 405 g/mol. The molecule has 2 aromatic carbocycles. The van der Waals surface area contributed by atoms with Gasteiger partial charge in [-0.1, -0.05) is 23.4 Å². The second-order valence-corrected chi connectivity index (χ2v) is 6.43. The number of nitrogens with zero attached hydrogens (tertiary/aromatic N) is 3. The number of benzene rings is 2. The van der Waals surface area contributed by atoms with E-state index in [4.69, 9.17) is 14.0 Å². The summed E-state index contributed by atoms with van der Waals surface area (Å²) in [5.41, 5.74) is 0.437. The number of hydrogen-bond acceptors (Lipinski definition) is 7. The zero-order chi connectivity index (χ0) is 20.5. The topological polar surface area (TPSA) is 79.0 Å². The van der Waals surface area contributed by atoms with Gasteiger partial charge in [0.15, 0.2) is 5.60 Å². The molecule has 0 spiro atoms. The smallest absolute Gasteiger partial charge is 0.440 e. The Labute approximate surface area is 162 Å². The molecular formula is C19H14F3N3O4. The van der Waals surface area contributed by atoms with Crippen LogP contribution in [0.3, 0.4) is 0 Å². The lowest BCUT2D eigenvalue weighted by Gasteiger charge is -2.21. The third-order valence-electron chi connectivity index (χ3n) is 4.21. The highest BCUT2D eigenvalue weighted by Gasteiger charge is 2.38. The molecule has 7 nitrogen and oxygen atoms in total. The summed E-state index contributed by atoms with van der Waals surface area (Å²) in [6.07, 6.45) is -3.22. The van der Waals surface area contributed by atoms with E-state index in [9.17, 15) is 13.2 Å². The van der Waals surface area contributed by atoms with Crippen LogP contribution in [0.25, 0.3) is 11.5 Å². The molecule has 0 aliphatic carbocycles. The van der Waals surface area contributed by atoms with Crippen molar-refractivity contribution in [1.29, 1.82) is 0 Å². The van der Waals surface area contributed by atoms with Gasteiger partial charge in [-0.3, -0.25) is 0 Å². The largest absolute Gasteiger partial charge is 0.573 e. The number of ether oxygens (including phenoxy) is 2. The van der Waals surface area contributed by atoms with Crippen LogP contribution >= 0.6 is 0 Å². The van der Waals surface area contributed by atoms with Crippen molar-refractivity contribution in [2.75, 3.05) is 0 Å². The number of oxime groups is 1. The van der Waals surface area contributed by atoms with Gasteiger partial charge in [0.2, 0.25) is 18.2 Å². The molecule has 1 aliphatic heterocycles. The Kier molecular flexibility index (Phi) is 4.61. The summed E-state index contributed by atoms with van der Waals surface area (Å²) >= 11 is 0. The highest BCUT2D eigenvalue weighted by Crippen LogP contribution is 2.36. The summed E-state index contributed by atoms with van der Waals surface area (Å²) in [5, 5.41) is 11.4. The lowest BCUT2D eigenvalue weighted by atomic mass is 9.93. The molecule has 0 radical (unpaired) electrons. The molecule has 150 valence electrons. The molecule has 1 aromatic heterocycles. The standard InChI is InChI=1S/C19H14F3N3O4/c1-18(13-5-7-14(8-6-13)28-19(20,21)22)10-16(25-29-18)27-15-4-2-3-12(9-15)17-24-23-11-26-17/h2-9,11H,10H2,1H3/t18-/m1/s1. The molecule has 0 unspecified atom stereocenters. The molecule has 1 atom stereocenters. The molecule has 0 saturated heterocycles. The Bertz CT molecular complexity index is 1020. The number of aromatic nitrogens is 2. The number of halogens is 3. The third-order valence-corrected chi connectivity index (χ3v) is 4.21. The van der Waals surface area contributed by atoms with Crippen molar-refractivity contribution < 1.29 is 31.9 Å². The fraction of sp³-hybridized carbons (Fsp3) is 0.211. The molecular weight excluding hydrogens is 391 g/mol. The minimum Gasteiger partial charge on any atom is -0.440 e. The lowest BCUT2D eigenvalue weighted by molar-refractivity contribution is -0.274. The van der Waals surface area contributed by atoms with Crippen LogP contribution in [0, 0.1) is 0 Å². The lowest BCUT2D eigenvalue weighted by Crippen LogP contribution is -2.23. The molecule has 29 heavy (non-hydrogen) atoms. The summed E-state index contributed by atoms with van der Waals surface area (Å²) < 4.78 is 51.7. The van der Waals surface area contributed by atoms with Crippen molar-refractivity contribution in [2.45, 2.75) is 25.3 Å². The van der Waals surface area contributed by atoms with Crippen molar-refractivity contribution in [3.8, 4) is 23.0 Å². The highest BCUT2D eigenvalue weighted by atomic mass is 19.4. The monoisotopic (exact) mass is 405 g/mol. The minimum absolute atomic E-state index is 0.289. The van der Waals surface area contributed by atoms with Crippen LogP contribution in [0.15, 0.2) is 64.5 Å². The minimum atomic E-state index is -4.74. The van der Waals surface area contributed by atoms with E-state index in [1.165, 1.54) is 30.7 Å². The van der Waals surface area contributed by atoms with Gasteiger partial charge < -0.3 is 18.7 Å².